The lowest BCUT2D eigenvalue weighted by molar-refractivity contribution is 0.673. The number of rotatable bonds is 3. The highest BCUT2D eigenvalue weighted by molar-refractivity contribution is 6.36. The average molecular weight is 549 g/mol. The van der Waals surface area contributed by atoms with Crippen molar-refractivity contribution in [1.29, 1.82) is 0 Å². The zero-order valence-corrected chi connectivity index (χ0v) is 23.2. The molecule has 0 aliphatic rings. The Balaban J connectivity index is 1.50. The summed E-state index contributed by atoms with van der Waals surface area (Å²) in [6, 6.07) is 50.5. The Morgan fingerprint density at radius 1 is 0.395 bits per heavy atom. The van der Waals surface area contributed by atoms with Gasteiger partial charge in [-0.25, -0.2) is 9.97 Å². The van der Waals surface area contributed by atoms with Gasteiger partial charge in [-0.1, -0.05) is 121 Å². The molecule has 6 aromatic carbocycles. The van der Waals surface area contributed by atoms with Gasteiger partial charge >= 0.3 is 0 Å². The summed E-state index contributed by atoms with van der Waals surface area (Å²) in [4.78, 5) is 10.5. The normalized spacial score (nSPS) is 11.7. The van der Waals surface area contributed by atoms with Crippen molar-refractivity contribution in [2.24, 2.45) is 0 Å². The van der Waals surface area contributed by atoms with Gasteiger partial charge in [0.1, 0.15) is 11.2 Å². The van der Waals surface area contributed by atoms with Crippen LogP contribution >= 0.6 is 0 Å². The van der Waals surface area contributed by atoms with Crippen LogP contribution in [0.25, 0.3) is 88.2 Å². The molecule has 3 heteroatoms. The van der Waals surface area contributed by atoms with Gasteiger partial charge in [-0.2, -0.15) is 0 Å². The summed E-state index contributed by atoms with van der Waals surface area (Å²) in [5.41, 5.74) is 8.51. The minimum atomic E-state index is 0.863. The fraction of sp³-hybridized carbons (Fsp3) is 0. The highest BCUT2D eigenvalue weighted by Crippen LogP contribution is 2.46. The number of hydrogen-bond donors (Lipinski definition) is 0. The van der Waals surface area contributed by atoms with E-state index in [0.717, 1.165) is 77.4 Å². The quantitative estimate of drug-likeness (QED) is 0.206. The molecule has 0 aliphatic heterocycles. The first kappa shape index (κ1) is 23.9. The van der Waals surface area contributed by atoms with Crippen molar-refractivity contribution < 1.29 is 4.42 Å². The van der Waals surface area contributed by atoms with Crippen LogP contribution in [0.4, 0.5) is 0 Å². The molecular weight excluding hydrogens is 524 g/mol. The molecule has 0 saturated heterocycles. The number of aromatic nitrogens is 2. The van der Waals surface area contributed by atoms with E-state index in [2.05, 4.69) is 127 Å². The molecule has 9 rings (SSSR count). The van der Waals surface area contributed by atoms with E-state index >= 15 is 0 Å². The number of nitrogens with zero attached hydrogens (tertiary/aromatic N) is 2. The molecule has 0 aliphatic carbocycles. The van der Waals surface area contributed by atoms with Crippen molar-refractivity contribution in [2.75, 3.05) is 0 Å². The largest absolute Gasteiger partial charge is 0.455 e. The van der Waals surface area contributed by atoms with Crippen LogP contribution in [0.5, 0.6) is 0 Å². The second-order valence-electron chi connectivity index (χ2n) is 10.9. The first-order chi connectivity index (χ1) is 21.3. The minimum Gasteiger partial charge on any atom is -0.455 e. The molecule has 3 heterocycles. The van der Waals surface area contributed by atoms with Crippen molar-refractivity contribution in [3.05, 3.63) is 146 Å². The van der Waals surface area contributed by atoms with Crippen molar-refractivity contribution in [3.8, 4) is 33.8 Å². The van der Waals surface area contributed by atoms with Crippen LogP contribution in [0, 0.1) is 0 Å². The summed E-state index contributed by atoms with van der Waals surface area (Å²) < 4.78 is 6.76. The summed E-state index contributed by atoms with van der Waals surface area (Å²) in [5, 5.41) is 7.89. The van der Waals surface area contributed by atoms with Gasteiger partial charge in [0.15, 0.2) is 0 Å². The standard InChI is InChI=1S/C40H24N2O/c1-3-13-25(14-4-1)33-23-27(24-34(41-33)26-15-5-2-6-16-26)39-38-36(30-19-9-11-21-32(30)42-39)28-17-7-8-18-29(28)37-31-20-10-12-22-35(31)43-40(37)38/h1-24H. The predicted octanol–water partition coefficient (Wildman–Crippen LogP) is 10.8. The molecule has 200 valence electrons. The lowest BCUT2D eigenvalue weighted by atomic mass is 9.91. The number of fused-ring (bicyclic) bond motifs is 10. The second kappa shape index (κ2) is 9.37. The fourth-order valence-corrected chi connectivity index (χ4v) is 6.51. The second-order valence-corrected chi connectivity index (χ2v) is 10.9. The van der Waals surface area contributed by atoms with Crippen LogP contribution in [-0.4, -0.2) is 9.97 Å². The summed E-state index contributed by atoms with van der Waals surface area (Å²) >= 11 is 0. The monoisotopic (exact) mass is 548 g/mol. The highest BCUT2D eigenvalue weighted by Gasteiger charge is 2.22. The minimum absolute atomic E-state index is 0.863. The molecular formula is C40H24N2O. The van der Waals surface area contributed by atoms with Gasteiger partial charge in [-0.15, -0.1) is 0 Å². The molecule has 0 bridgehead atoms. The van der Waals surface area contributed by atoms with Crippen molar-refractivity contribution in [3.63, 3.8) is 0 Å². The summed E-state index contributed by atoms with van der Waals surface area (Å²) in [7, 11) is 0. The van der Waals surface area contributed by atoms with E-state index in [9.17, 15) is 0 Å². The Bertz CT molecular complexity index is 2440. The van der Waals surface area contributed by atoms with Crippen LogP contribution in [-0.2, 0) is 0 Å². The number of para-hydroxylation sites is 2. The van der Waals surface area contributed by atoms with Crippen molar-refractivity contribution in [2.45, 2.75) is 0 Å². The molecule has 0 unspecified atom stereocenters. The number of hydrogen-bond acceptors (Lipinski definition) is 3. The van der Waals surface area contributed by atoms with Gasteiger partial charge in [0.05, 0.1) is 28.0 Å². The Morgan fingerprint density at radius 3 is 1.60 bits per heavy atom. The van der Waals surface area contributed by atoms with Crippen molar-refractivity contribution >= 4 is 54.4 Å². The van der Waals surface area contributed by atoms with Crippen LogP contribution in [0.3, 0.4) is 0 Å². The molecule has 43 heavy (non-hydrogen) atoms. The van der Waals surface area contributed by atoms with E-state index < -0.39 is 0 Å². The summed E-state index contributed by atoms with van der Waals surface area (Å²) in [6.45, 7) is 0. The van der Waals surface area contributed by atoms with Crippen LogP contribution in [0.1, 0.15) is 0 Å². The molecule has 0 saturated carbocycles. The predicted molar refractivity (Wildman–Crippen MR) is 178 cm³/mol. The Morgan fingerprint density at radius 2 is 0.930 bits per heavy atom. The molecule has 0 fully saturated rings. The number of furan rings is 1. The average Bonchev–Trinajstić information content (AvgIpc) is 3.48. The fourth-order valence-electron chi connectivity index (χ4n) is 6.51. The lowest BCUT2D eigenvalue weighted by Gasteiger charge is -2.15. The van der Waals surface area contributed by atoms with Crippen LogP contribution < -0.4 is 0 Å². The molecule has 0 radical (unpaired) electrons. The van der Waals surface area contributed by atoms with E-state index in [4.69, 9.17) is 14.4 Å². The van der Waals surface area contributed by atoms with Gasteiger partial charge < -0.3 is 4.42 Å². The Labute approximate surface area is 247 Å². The third kappa shape index (κ3) is 3.68. The molecule has 3 aromatic heterocycles. The molecule has 3 nitrogen and oxygen atoms in total. The Hall–Kier alpha value is -5.80. The molecule has 0 N–H and O–H groups in total. The van der Waals surface area contributed by atoms with Gasteiger partial charge in [0.25, 0.3) is 0 Å². The van der Waals surface area contributed by atoms with Gasteiger partial charge in [-0.05, 0) is 35.0 Å². The van der Waals surface area contributed by atoms with E-state index in [1.807, 2.05) is 18.2 Å². The molecule has 0 atom stereocenters. The topological polar surface area (TPSA) is 38.9 Å². The first-order valence-electron chi connectivity index (χ1n) is 14.5. The van der Waals surface area contributed by atoms with Gasteiger partial charge in [0, 0.05) is 38.2 Å². The van der Waals surface area contributed by atoms with E-state index in [1.54, 1.807) is 0 Å². The van der Waals surface area contributed by atoms with E-state index in [0.29, 0.717) is 0 Å². The molecule has 0 spiro atoms. The zero-order chi connectivity index (χ0) is 28.3. The summed E-state index contributed by atoms with van der Waals surface area (Å²) in [5.74, 6) is 0. The number of benzene rings is 6. The lowest BCUT2D eigenvalue weighted by Crippen LogP contribution is -1.95. The van der Waals surface area contributed by atoms with E-state index in [1.165, 1.54) is 10.8 Å². The van der Waals surface area contributed by atoms with Crippen molar-refractivity contribution in [1.82, 2.24) is 9.97 Å². The molecule has 0 amide bonds. The number of pyridine rings is 2. The Kier molecular flexibility index (Phi) is 5.20. The maximum Gasteiger partial charge on any atom is 0.146 e. The van der Waals surface area contributed by atoms with Crippen LogP contribution in [0.2, 0.25) is 0 Å². The van der Waals surface area contributed by atoms with Crippen LogP contribution in [0.15, 0.2) is 150 Å². The highest BCUT2D eigenvalue weighted by atomic mass is 16.3. The first-order valence-corrected chi connectivity index (χ1v) is 14.5. The summed E-state index contributed by atoms with van der Waals surface area (Å²) in [6.07, 6.45) is 0. The maximum absolute atomic E-state index is 6.76. The zero-order valence-electron chi connectivity index (χ0n) is 23.2. The smallest absolute Gasteiger partial charge is 0.146 e. The van der Waals surface area contributed by atoms with E-state index in [-0.39, 0.29) is 0 Å². The van der Waals surface area contributed by atoms with Gasteiger partial charge in [0.2, 0.25) is 0 Å². The molecule has 9 aromatic rings. The van der Waals surface area contributed by atoms with Gasteiger partial charge in [-0.3, -0.25) is 0 Å². The SMILES string of the molecule is c1ccc(-c2cc(-c3nc4ccccc4c4c5ccccc5c5c6ccccc6oc5c34)cc(-c3ccccc3)n2)cc1. The third-order valence-electron chi connectivity index (χ3n) is 8.42. The maximum atomic E-state index is 6.76. The third-order valence-corrected chi connectivity index (χ3v) is 8.42.